The first kappa shape index (κ1) is 22.0. The number of amides is 3. The number of nitrogens with zero attached hydrogens (tertiary/aromatic N) is 2. The number of aryl methyl sites for hydroxylation is 2. The maximum Gasteiger partial charge on any atom is 0.272 e. The molecule has 0 bridgehead atoms. The van der Waals surface area contributed by atoms with E-state index < -0.39 is 11.8 Å². The fraction of sp³-hybridized carbons (Fsp3) is 0.222. The van der Waals surface area contributed by atoms with Crippen molar-refractivity contribution in [1.29, 1.82) is 5.41 Å². The van der Waals surface area contributed by atoms with Crippen LogP contribution in [0.3, 0.4) is 0 Å². The summed E-state index contributed by atoms with van der Waals surface area (Å²) < 4.78 is 3.32. The Hall–Kier alpha value is -3.34. The maximum absolute atomic E-state index is 12.6. The van der Waals surface area contributed by atoms with Gasteiger partial charge in [-0.2, -0.15) is 0 Å². The quantitative estimate of drug-likeness (QED) is 0.229. The number of nitrogens with two attached hydrogens (primary N) is 1. The normalized spacial score (nSPS) is 10.3. The van der Waals surface area contributed by atoms with Crippen LogP contribution in [0.1, 0.15) is 27.4 Å². The summed E-state index contributed by atoms with van der Waals surface area (Å²) in [5.74, 6) is -1.16. The number of halogens is 1. The van der Waals surface area contributed by atoms with Crippen molar-refractivity contribution in [2.75, 3.05) is 17.2 Å². The van der Waals surface area contributed by atoms with Crippen LogP contribution in [-0.4, -0.2) is 39.2 Å². The lowest BCUT2D eigenvalue weighted by atomic mass is 10.3. The third-order valence-electron chi connectivity index (χ3n) is 3.92. The number of rotatable bonds is 8. The summed E-state index contributed by atoms with van der Waals surface area (Å²) >= 11 is 2.99. The highest BCUT2D eigenvalue weighted by atomic mass is 79.9. The molecule has 3 amide bonds. The Morgan fingerprint density at radius 1 is 1.07 bits per heavy atom. The fourth-order valence-electron chi connectivity index (χ4n) is 2.51. The molecule has 10 nitrogen and oxygen atoms in total. The molecule has 0 fully saturated rings. The van der Waals surface area contributed by atoms with E-state index in [0.29, 0.717) is 22.8 Å². The van der Waals surface area contributed by atoms with Gasteiger partial charge in [0.05, 0.1) is 21.7 Å². The molecule has 0 aliphatic carbocycles. The third-order valence-corrected chi connectivity index (χ3v) is 4.28. The molecule has 0 saturated carbocycles. The lowest BCUT2D eigenvalue weighted by Crippen LogP contribution is -2.28. The number of amidine groups is 1. The first-order valence-electron chi connectivity index (χ1n) is 8.49. The first-order valence-corrected chi connectivity index (χ1v) is 9.28. The molecular formula is C18H22BrN7O3. The number of aromatic nitrogens is 2. The van der Waals surface area contributed by atoms with Crippen LogP contribution in [-0.2, 0) is 18.9 Å². The summed E-state index contributed by atoms with van der Waals surface area (Å²) in [4.78, 5) is 36.5. The number of hydrogen-bond donors (Lipinski definition) is 5. The molecule has 0 radical (unpaired) electrons. The van der Waals surface area contributed by atoms with Gasteiger partial charge in [-0.25, -0.2) is 0 Å². The van der Waals surface area contributed by atoms with Gasteiger partial charge in [0.2, 0.25) is 0 Å². The zero-order valence-corrected chi connectivity index (χ0v) is 17.6. The average molecular weight is 464 g/mol. The first-order chi connectivity index (χ1) is 13.6. The third kappa shape index (κ3) is 5.82. The van der Waals surface area contributed by atoms with Crippen molar-refractivity contribution in [3.8, 4) is 0 Å². The molecule has 29 heavy (non-hydrogen) atoms. The highest BCUT2D eigenvalue weighted by Crippen LogP contribution is 2.18. The van der Waals surface area contributed by atoms with Crippen LogP contribution >= 0.6 is 15.9 Å². The molecule has 2 heterocycles. The summed E-state index contributed by atoms with van der Waals surface area (Å²) in [5, 5.41) is 15.2. The van der Waals surface area contributed by atoms with Crippen LogP contribution < -0.4 is 21.7 Å². The Morgan fingerprint density at radius 3 is 2.10 bits per heavy atom. The van der Waals surface area contributed by atoms with E-state index in [0.717, 1.165) is 0 Å². The van der Waals surface area contributed by atoms with Crippen molar-refractivity contribution in [3.63, 3.8) is 0 Å². The average Bonchev–Trinajstić information content (AvgIpc) is 3.16. The maximum atomic E-state index is 12.6. The van der Waals surface area contributed by atoms with Crippen molar-refractivity contribution < 1.29 is 14.4 Å². The van der Waals surface area contributed by atoms with Crippen LogP contribution in [0.15, 0.2) is 35.6 Å². The van der Waals surface area contributed by atoms with Crippen LogP contribution in [0, 0.1) is 5.41 Å². The standard InChI is InChI=1S/C18H22BrN7O3/c1-10(19)16(27)23-11-7-14(26(3)8-11)18(29)24-12-6-13(25(2)9-12)17(28)22-5-4-15(20)21/h6-9H,1,4-5H2,2-3H3,(H3,20,21)(H,22,28)(H,23,27)(H,24,29). The van der Waals surface area contributed by atoms with Gasteiger partial charge in [0.1, 0.15) is 11.4 Å². The Labute approximate surface area is 175 Å². The molecule has 0 aliphatic rings. The van der Waals surface area contributed by atoms with E-state index in [1.54, 1.807) is 41.7 Å². The second kappa shape index (κ2) is 9.24. The van der Waals surface area contributed by atoms with E-state index in [9.17, 15) is 14.4 Å². The molecule has 2 rings (SSSR count). The number of carbonyl (C=O) groups is 3. The number of carbonyl (C=O) groups excluding carboxylic acids is 3. The smallest absolute Gasteiger partial charge is 0.272 e. The molecule has 154 valence electrons. The van der Waals surface area contributed by atoms with Crippen LogP contribution in [0.25, 0.3) is 0 Å². The predicted molar refractivity (Wildman–Crippen MR) is 114 cm³/mol. The lowest BCUT2D eigenvalue weighted by Gasteiger charge is -2.04. The molecule has 11 heteroatoms. The van der Waals surface area contributed by atoms with E-state index in [4.69, 9.17) is 11.1 Å². The van der Waals surface area contributed by atoms with E-state index in [-0.39, 0.29) is 29.2 Å². The van der Waals surface area contributed by atoms with Crippen LogP contribution in [0.5, 0.6) is 0 Å². The predicted octanol–water partition coefficient (Wildman–Crippen LogP) is 1.52. The Kier molecular flexibility index (Phi) is 6.99. The molecule has 0 atom stereocenters. The summed E-state index contributed by atoms with van der Waals surface area (Å²) in [6.45, 7) is 3.74. The van der Waals surface area contributed by atoms with Crippen LogP contribution in [0.2, 0.25) is 0 Å². The van der Waals surface area contributed by atoms with Crippen molar-refractivity contribution in [2.45, 2.75) is 6.42 Å². The number of nitrogens with one attached hydrogen (secondary N) is 4. The number of anilines is 2. The van der Waals surface area contributed by atoms with Gasteiger partial charge in [-0.3, -0.25) is 19.8 Å². The second-order valence-corrected chi connectivity index (χ2v) is 7.25. The van der Waals surface area contributed by atoms with Crippen molar-refractivity contribution in [3.05, 3.63) is 47.0 Å². The molecule has 0 saturated heterocycles. The monoisotopic (exact) mass is 463 g/mol. The highest BCUT2D eigenvalue weighted by Gasteiger charge is 2.17. The van der Waals surface area contributed by atoms with Crippen molar-refractivity contribution in [2.24, 2.45) is 19.8 Å². The molecule has 2 aromatic heterocycles. The van der Waals surface area contributed by atoms with Gasteiger partial charge in [0, 0.05) is 39.5 Å². The van der Waals surface area contributed by atoms with E-state index >= 15 is 0 Å². The minimum Gasteiger partial charge on any atom is -0.388 e. The van der Waals surface area contributed by atoms with Gasteiger partial charge in [-0.15, -0.1) is 0 Å². The van der Waals surface area contributed by atoms with Gasteiger partial charge in [-0.05, 0) is 28.1 Å². The summed E-state index contributed by atoms with van der Waals surface area (Å²) in [7, 11) is 3.35. The summed E-state index contributed by atoms with van der Waals surface area (Å²) in [6.07, 6.45) is 3.47. The van der Waals surface area contributed by atoms with E-state index in [1.165, 1.54) is 6.07 Å². The Bertz CT molecular complexity index is 990. The van der Waals surface area contributed by atoms with Gasteiger partial charge >= 0.3 is 0 Å². The molecular weight excluding hydrogens is 442 g/mol. The largest absolute Gasteiger partial charge is 0.388 e. The Morgan fingerprint density at radius 2 is 1.59 bits per heavy atom. The lowest BCUT2D eigenvalue weighted by molar-refractivity contribution is -0.112. The van der Waals surface area contributed by atoms with Gasteiger partial charge < -0.3 is 30.8 Å². The SMILES string of the molecule is C=C(Br)C(=O)Nc1cc(C(=O)Nc2cc(C(=O)NCCC(=N)N)n(C)c2)n(C)c1. The van der Waals surface area contributed by atoms with E-state index in [1.807, 2.05) is 0 Å². The molecule has 0 spiro atoms. The fourth-order valence-corrected chi connectivity index (χ4v) is 2.61. The molecule has 2 aromatic rings. The zero-order valence-electron chi connectivity index (χ0n) is 16.0. The number of hydrogen-bond acceptors (Lipinski definition) is 4. The molecule has 0 aromatic carbocycles. The minimum atomic E-state index is -0.411. The topological polar surface area (TPSA) is 147 Å². The van der Waals surface area contributed by atoms with Gasteiger partial charge in [-0.1, -0.05) is 6.58 Å². The Balaban J connectivity index is 2.07. The van der Waals surface area contributed by atoms with Gasteiger partial charge in [0.15, 0.2) is 0 Å². The van der Waals surface area contributed by atoms with Crippen molar-refractivity contribution in [1.82, 2.24) is 14.5 Å². The highest BCUT2D eigenvalue weighted by molar-refractivity contribution is 9.12. The molecule has 0 aliphatic heterocycles. The summed E-state index contributed by atoms with van der Waals surface area (Å²) in [6, 6.07) is 3.07. The summed E-state index contributed by atoms with van der Waals surface area (Å²) in [5.41, 5.74) is 6.81. The minimum absolute atomic E-state index is 0.0105. The molecule has 0 unspecified atom stereocenters. The molecule has 6 N–H and O–H groups in total. The van der Waals surface area contributed by atoms with Crippen LogP contribution in [0.4, 0.5) is 11.4 Å². The zero-order chi connectivity index (χ0) is 21.7. The van der Waals surface area contributed by atoms with Crippen molar-refractivity contribution >= 4 is 50.9 Å². The van der Waals surface area contributed by atoms with Gasteiger partial charge in [0.25, 0.3) is 17.7 Å². The second-order valence-electron chi connectivity index (χ2n) is 6.29. The van der Waals surface area contributed by atoms with E-state index in [2.05, 4.69) is 38.5 Å².